The lowest BCUT2D eigenvalue weighted by Gasteiger charge is -2.24. The van der Waals surface area contributed by atoms with Crippen molar-refractivity contribution in [3.8, 4) is 11.5 Å². The maximum atomic E-state index is 14.7. The number of rotatable bonds is 12. The first-order chi connectivity index (χ1) is 19.7. The minimum absolute atomic E-state index is 0.0391. The summed E-state index contributed by atoms with van der Waals surface area (Å²) in [6, 6.07) is 20.1. The summed E-state index contributed by atoms with van der Waals surface area (Å²) in [5, 5.41) is 7.01. The van der Waals surface area contributed by atoms with Crippen LogP contribution in [0.4, 0.5) is 15.8 Å². The molecule has 0 bridgehead atoms. The van der Waals surface area contributed by atoms with Gasteiger partial charge in [-0.3, -0.25) is 13.9 Å². The second-order valence-corrected chi connectivity index (χ2v) is 11.7. The molecule has 214 valence electrons. The van der Waals surface area contributed by atoms with Gasteiger partial charge in [-0.2, -0.15) is 0 Å². The van der Waals surface area contributed by atoms with Crippen LogP contribution in [0.15, 0.2) is 88.5 Å². The van der Waals surface area contributed by atoms with E-state index in [1.54, 1.807) is 49.9 Å². The van der Waals surface area contributed by atoms with E-state index in [1.165, 1.54) is 30.3 Å². The molecule has 2 amide bonds. The molecule has 0 fully saturated rings. The molecule has 0 spiro atoms. The number of ether oxygens (including phenoxy) is 2. The molecule has 0 saturated heterocycles. The molecule has 4 rings (SSSR count). The molecule has 4 aromatic rings. The molecule has 0 aliphatic rings. The summed E-state index contributed by atoms with van der Waals surface area (Å²) in [7, 11) is -1.15. The SMILES string of the molecule is COc1ccc(CCNC(=O)c2ccccc2NC(=O)CN(c2ccccc2F)S(=O)(=O)c2cccs2)cc1OC. The van der Waals surface area contributed by atoms with E-state index in [0.717, 1.165) is 27.3 Å². The minimum Gasteiger partial charge on any atom is -0.493 e. The van der Waals surface area contributed by atoms with Gasteiger partial charge >= 0.3 is 0 Å². The molecule has 9 nitrogen and oxygen atoms in total. The number of hydrogen-bond acceptors (Lipinski definition) is 7. The fraction of sp³-hybridized carbons (Fsp3) is 0.172. The number of nitrogens with zero attached hydrogens (tertiary/aromatic N) is 1. The van der Waals surface area contributed by atoms with Gasteiger partial charge in [0, 0.05) is 6.54 Å². The number of carbonyl (C=O) groups is 2. The molecule has 0 aliphatic heterocycles. The first kappa shape index (κ1) is 29.6. The first-order valence-corrected chi connectivity index (χ1v) is 14.8. The van der Waals surface area contributed by atoms with Gasteiger partial charge in [0.15, 0.2) is 11.5 Å². The summed E-state index contributed by atoms with van der Waals surface area (Å²) < 4.78 is 52.6. The summed E-state index contributed by atoms with van der Waals surface area (Å²) in [5.41, 5.74) is 1.02. The number of thiophene rings is 1. The maximum absolute atomic E-state index is 14.7. The van der Waals surface area contributed by atoms with Crippen LogP contribution in [-0.2, 0) is 21.2 Å². The van der Waals surface area contributed by atoms with Crippen LogP contribution in [0.2, 0.25) is 0 Å². The van der Waals surface area contributed by atoms with Gasteiger partial charge in [-0.25, -0.2) is 12.8 Å². The predicted molar refractivity (Wildman–Crippen MR) is 156 cm³/mol. The largest absolute Gasteiger partial charge is 0.493 e. The average Bonchev–Trinajstić information content (AvgIpc) is 3.53. The number of para-hydroxylation sites is 2. The number of benzene rings is 3. The Morgan fingerprint density at radius 2 is 1.66 bits per heavy atom. The minimum atomic E-state index is -4.24. The van der Waals surface area contributed by atoms with Gasteiger partial charge < -0.3 is 20.1 Å². The highest BCUT2D eigenvalue weighted by Crippen LogP contribution is 2.29. The molecule has 41 heavy (non-hydrogen) atoms. The van der Waals surface area contributed by atoms with Crippen LogP contribution in [0.25, 0.3) is 0 Å². The zero-order chi connectivity index (χ0) is 29.4. The highest BCUT2D eigenvalue weighted by Gasteiger charge is 2.30. The summed E-state index contributed by atoms with van der Waals surface area (Å²) >= 11 is 0.956. The monoisotopic (exact) mass is 597 g/mol. The summed E-state index contributed by atoms with van der Waals surface area (Å²) in [5.74, 6) is -0.802. The molecule has 0 aliphatic carbocycles. The standard InChI is InChI=1S/C29H28FN3O6S2/c1-38-25-14-13-20(18-26(25)39-2)15-16-31-29(35)21-8-3-5-10-23(21)32-27(34)19-33(24-11-6-4-9-22(24)30)41(36,37)28-12-7-17-40-28/h3-14,17-18H,15-16,19H2,1-2H3,(H,31,35)(H,32,34). The Labute approximate surface area is 241 Å². The number of carbonyl (C=O) groups excluding carboxylic acids is 2. The number of amides is 2. The first-order valence-electron chi connectivity index (χ1n) is 12.4. The predicted octanol–water partition coefficient (Wildman–Crippen LogP) is 4.71. The highest BCUT2D eigenvalue weighted by atomic mass is 32.2. The molecule has 2 N–H and O–H groups in total. The Kier molecular flexibility index (Phi) is 9.58. The Morgan fingerprint density at radius 1 is 0.927 bits per heavy atom. The maximum Gasteiger partial charge on any atom is 0.274 e. The van der Waals surface area contributed by atoms with Gasteiger partial charge in [0.25, 0.3) is 15.9 Å². The van der Waals surface area contributed by atoms with E-state index in [0.29, 0.717) is 24.5 Å². The number of sulfonamides is 1. The topological polar surface area (TPSA) is 114 Å². The van der Waals surface area contributed by atoms with E-state index >= 15 is 0 Å². The summed E-state index contributed by atoms with van der Waals surface area (Å²) in [4.78, 5) is 26.1. The third-order valence-electron chi connectivity index (χ3n) is 6.04. The molecule has 0 radical (unpaired) electrons. The van der Waals surface area contributed by atoms with Crippen LogP contribution in [0, 0.1) is 5.82 Å². The van der Waals surface area contributed by atoms with Crippen molar-refractivity contribution in [2.75, 3.05) is 36.9 Å². The number of anilines is 2. The Bertz CT molecular complexity index is 1630. The Morgan fingerprint density at radius 3 is 2.37 bits per heavy atom. The van der Waals surface area contributed by atoms with Crippen LogP contribution in [0.3, 0.4) is 0 Å². The van der Waals surface area contributed by atoms with Gasteiger partial charge in [0.2, 0.25) is 5.91 Å². The van der Waals surface area contributed by atoms with Gasteiger partial charge in [-0.05, 0) is 59.8 Å². The smallest absolute Gasteiger partial charge is 0.274 e. The van der Waals surface area contributed by atoms with Crippen LogP contribution >= 0.6 is 11.3 Å². The molecule has 0 atom stereocenters. The molecule has 0 saturated carbocycles. The van der Waals surface area contributed by atoms with E-state index in [2.05, 4.69) is 10.6 Å². The summed E-state index contributed by atoms with van der Waals surface area (Å²) in [6.45, 7) is -0.410. The van der Waals surface area contributed by atoms with Crippen molar-refractivity contribution in [1.29, 1.82) is 0 Å². The molecule has 3 aromatic carbocycles. The molecule has 1 heterocycles. The number of methoxy groups -OCH3 is 2. The van der Waals surface area contributed by atoms with Crippen molar-refractivity contribution in [3.63, 3.8) is 0 Å². The third-order valence-corrected chi connectivity index (χ3v) is 9.17. The van der Waals surface area contributed by atoms with Crippen molar-refractivity contribution in [1.82, 2.24) is 5.32 Å². The second kappa shape index (κ2) is 13.3. The molecular formula is C29H28FN3O6S2. The summed E-state index contributed by atoms with van der Waals surface area (Å²) in [6.07, 6.45) is 0.513. The molecular weight excluding hydrogens is 569 g/mol. The van der Waals surface area contributed by atoms with Gasteiger partial charge in [0.1, 0.15) is 16.6 Å². The van der Waals surface area contributed by atoms with Gasteiger partial charge in [0.05, 0.1) is 31.2 Å². The average molecular weight is 598 g/mol. The Hall–Kier alpha value is -4.42. The fourth-order valence-corrected chi connectivity index (χ4v) is 6.57. The van der Waals surface area contributed by atoms with Gasteiger partial charge in [-0.15, -0.1) is 11.3 Å². The van der Waals surface area contributed by atoms with E-state index in [9.17, 15) is 22.4 Å². The van der Waals surface area contributed by atoms with Crippen molar-refractivity contribution >= 4 is 44.5 Å². The number of nitrogens with one attached hydrogen (secondary N) is 2. The van der Waals surface area contributed by atoms with E-state index < -0.39 is 34.2 Å². The second-order valence-electron chi connectivity index (χ2n) is 8.68. The number of hydrogen-bond donors (Lipinski definition) is 2. The van der Waals surface area contributed by atoms with Crippen molar-refractivity contribution in [3.05, 3.63) is 101 Å². The molecule has 0 unspecified atom stereocenters. The molecule has 1 aromatic heterocycles. The van der Waals surface area contributed by atoms with Crippen molar-refractivity contribution < 1.29 is 31.9 Å². The third kappa shape index (κ3) is 7.02. The quantitative estimate of drug-likeness (QED) is 0.245. The lowest BCUT2D eigenvalue weighted by atomic mass is 10.1. The number of halogens is 1. The normalized spacial score (nSPS) is 11.0. The zero-order valence-corrected chi connectivity index (χ0v) is 23.9. The van der Waals surface area contributed by atoms with Crippen LogP contribution in [0.5, 0.6) is 11.5 Å². The van der Waals surface area contributed by atoms with Crippen LogP contribution < -0.4 is 24.4 Å². The lowest BCUT2D eigenvalue weighted by Crippen LogP contribution is -2.38. The van der Waals surface area contributed by atoms with Crippen LogP contribution in [-0.4, -0.2) is 47.5 Å². The van der Waals surface area contributed by atoms with E-state index in [1.807, 2.05) is 12.1 Å². The lowest BCUT2D eigenvalue weighted by molar-refractivity contribution is -0.114. The van der Waals surface area contributed by atoms with Crippen molar-refractivity contribution in [2.45, 2.75) is 10.6 Å². The van der Waals surface area contributed by atoms with E-state index in [4.69, 9.17) is 9.47 Å². The molecule has 12 heteroatoms. The van der Waals surface area contributed by atoms with E-state index in [-0.39, 0.29) is 21.1 Å². The van der Waals surface area contributed by atoms with Crippen LogP contribution in [0.1, 0.15) is 15.9 Å². The highest BCUT2D eigenvalue weighted by molar-refractivity contribution is 7.94. The van der Waals surface area contributed by atoms with Gasteiger partial charge in [-0.1, -0.05) is 36.4 Å². The fourth-order valence-electron chi connectivity index (χ4n) is 4.03. The Balaban J connectivity index is 1.47. The zero-order valence-electron chi connectivity index (χ0n) is 22.3. The van der Waals surface area contributed by atoms with Crippen molar-refractivity contribution in [2.24, 2.45) is 0 Å².